The summed E-state index contributed by atoms with van der Waals surface area (Å²) in [4.78, 5) is 17.3. The number of aromatic nitrogens is 1. The smallest absolute Gasteiger partial charge is 0.273 e. The van der Waals surface area contributed by atoms with Crippen LogP contribution < -0.4 is 5.73 Å². The van der Waals surface area contributed by atoms with Gasteiger partial charge in [0.15, 0.2) is 0 Å². The number of likely N-dealkylation sites (N-methyl/N-ethyl adjacent to an activating group) is 1. The number of hydrogen-bond donors (Lipinski definition) is 2. The predicted octanol–water partition coefficient (Wildman–Crippen LogP) is 1.16. The summed E-state index contributed by atoms with van der Waals surface area (Å²) in [6.45, 7) is 3.41. The van der Waals surface area contributed by atoms with E-state index in [0.717, 1.165) is 0 Å². The molecule has 0 fully saturated rings. The lowest BCUT2D eigenvalue weighted by Crippen LogP contribution is -2.40. The molecule has 0 aliphatic heterocycles. The quantitative estimate of drug-likeness (QED) is 0.852. The van der Waals surface area contributed by atoms with E-state index in [1.807, 2.05) is 0 Å². The molecule has 1 amide bonds. The van der Waals surface area contributed by atoms with Gasteiger partial charge in [-0.25, -0.2) is 4.98 Å². The van der Waals surface area contributed by atoms with E-state index in [0.29, 0.717) is 0 Å². The highest BCUT2D eigenvalue weighted by Gasteiger charge is 2.22. The predicted molar refractivity (Wildman–Crippen MR) is 66.9 cm³/mol. The molecule has 17 heavy (non-hydrogen) atoms. The number of rotatable bonds is 3. The number of hydrogen-bond acceptors (Lipinski definition) is 4. The highest BCUT2D eigenvalue weighted by molar-refractivity contribution is 6.33. The summed E-state index contributed by atoms with van der Waals surface area (Å²) in [5.74, 6) is -0.140. The molecule has 1 rings (SSSR count). The summed E-state index contributed by atoms with van der Waals surface area (Å²) in [6.07, 6.45) is 0. The molecule has 0 aromatic carbocycles. The first-order valence-corrected chi connectivity index (χ1v) is 5.48. The van der Waals surface area contributed by atoms with E-state index in [-0.39, 0.29) is 29.0 Å². The highest BCUT2D eigenvalue weighted by atomic mass is 35.5. The van der Waals surface area contributed by atoms with E-state index in [2.05, 4.69) is 4.98 Å². The van der Waals surface area contributed by atoms with Crippen LogP contribution in [0.2, 0.25) is 5.02 Å². The van der Waals surface area contributed by atoms with Gasteiger partial charge in [0.2, 0.25) is 0 Å². The van der Waals surface area contributed by atoms with Crippen LogP contribution in [0.5, 0.6) is 0 Å². The number of nitrogens with zero attached hydrogens (tertiary/aromatic N) is 2. The number of carbonyl (C=O) groups excluding carboxylic acids is 1. The fourth-order valence-corrected chi connectivity index (χ4v) is 1.63. The van der Waals surface area contributed by atoms with Crippen LogP contribution in [0, 0.1) is 0 Å². The van der Waals surface area contributed by atoms with Crippen LogP contribution in [0.1, 0.15) is 24.3 Å². The number of halogens is 1. The van der Waals surface area contributed by atoms with Crippen LogP contribution in [-0.4, -0.2) is 40.1 Å². The number of nitrogens with two attached hydrogens (primary N) is 1. The Balaban J connectivity index is 2.93. The number of aliphatic hydroxyl groups is 1. The Morgan fingerprint density at radius 2 is 2.18 bits per heavy atom. The van der Waals surface area contributed by atoms with Crippen molar-refractivity contribution in [2.75, 3.05) is 19.3 Å². The molecule has 5 nitrogen and oxygen atoms in total. The van der Waals surface area contributed by atoms with Crippen molar-refractivity contribution in [2.45, 2.75) is 19.4 Å². The molecular weight excluding hydrogens is 242 g/mol. The zero-order valence-corrected chi connectivity index (χ0v) is 10.8. The van der Waals surface area contributed by atoms with Gasteiger partial charge in [0, 0.05) is 13.6 Å². The van der Waals surface area contributed by atoms with E-state index in [9.17, 15) is 9.90 Å². The van der Waals surface area contributed by atoms with Gasteiger partial charge in [-0.15, -0.1) is 0 Å². The van der Waals surface area contributed by atoms with E-state index in [4.69, 9.17) is 17.3 Å². The second-order valence-electron chi connectivity index (χ2n) is 4.54. The zero-order valence-electron chi connectivity index (χ0n) is 10.1. The zero-order chi connectivity index (χ0) is 13.2. The van der Waals surface area contributed by atoms with Crippen LogP contribution in [0.4, 0.5) is 5.82 Å². The highest BCUT2D eigenvalue weighted by Crippen LogP contribution is 2.17. The molecule has 0 bridgehead atoms. The van der Waals surface area contributed by atoms with Crippen molar-refractivity contribution < 1.29 is 9.90 Å². The van der Waals surface area contributed by atoms with Gasteiger partial charge in [0.05, 0.1) is 10.6 Å². The molecule has 3 N–H and O–H groups in total. The molecule has 1 aromatic heterocycles. The molecule has 0 unspecified atom stereocenters. The van der Waals surface area contributed by atoms with Gasteiger partial charge in [-0.2, -0.15) is 0 Å². The largest absolute Gasteiger partial charge is 0.389 e. The number of nitrogen functional groups attached to an aromatic ring is 1. The molecule has 0 aliphatic rings. The Morgan fingerprint density at radius 1 is 1.59 bits per heavy atom. The maximum atomic E-state index is 12.0. The summed E-state index contributed by atoms with van der Waals surface area (Å²) in [5.41, 5.74) is 4.62. The average molecular weight is 258 g/mol. The summed E-state index contributed by atoms with van der Waals surface area (Å²) < 4.78 is 0. The van der Waals surface area contributed by atoms with Gasteiger partial charge in [0.25, 0.3) is 5.91 Å². The first-order chi connectivity index (χ1) is 7.70. The molecule has 0 radical (unpaired) electrons. The summed E-state index contributed by atoms with van der Waals surface area (Å²) in [6, 6.07) is 3.05. The van der Waals surface area contributed by atoms with Crippen molar-refractivity contribution in [2.24, 2.45) is 0 Å². The van der Waals surface area contributed by atoms with Crippen LogP contribution in [0.15, 0.2) is 12.1 Å². The summed E-state index contributed by atoms with van der Waals surface area (Å²) >= 11 is 5.88. The Labute approximate surface area is 105 Å². The second-order valence-corrected chi connectivity index (χ2v) is 4.95. The van der Waals surface area contributed by atoms with Crippen molar-refractivity contribution in [3.05, 3.63) is 22.8 Å². The summed E-state index contributed by atoms with van der Waals surface area (Å²) in [5, 5.41) is 9.88. The van der Waals surface area contributed by atoms with Crippen LogP contribution >= 0.6 is 11.6 Å². The molecular formula is C11H16ClN3O2. The molecule has 0 saturated heterocycles. The number of amides is 1. The molecule has 94 valence electrons. The van der Waals surface area contributed by atoms with E-state index >= 15 is 0 Å². The molecule has 0 spiro atoms. The minimum Gasteiger partial charge on any atom is -0.389 e. The summed E-state index contributed by atoms with van der Waals surface area (Å²) in [7, 11) is 1.57. The Hall–Kier alpha value is -1.33. The van der Waals surface area contributed by atoms with Crippen LogP contribution in [0.25, 0.3) is 0 Å². The van der Waals surface area contributed by atoms with Crippen molar-refractivity contribution in [3.63, 3.8) is 0 Å². The molecule has 1 heterocycles. The fourth-order valence-electron chi connectivity index (χ4n) is 1.44. The third-order valence-corrected chi connectivity index (χ3v) is 2.35. The minimum atomic E-state index is -0.975. The molecule has 0 saturated carbocycles. The monoisotopic (exact) mass is 257 g/mol. The second kappa shape index (κ2) is 4.89. The lowest BCUT2D eigenvalue weighted by Gasteiger charge is -2.25. The van der Waals surface area contributed by atoms with E-state index in [1.54, 1.807) is 20.9 Å². The Bertz CT molecular complexity index is 429. The van der Waals surface area contributed by atoms with E-state index < -0.39 is 5.60 Å². The topological polar surface area (TPSA) is 79.5 Å². The Morgan fingerprint density at radius 3 is 2.71 bits per heavy atom. The van der Waals surface area contributed by atoms with Crippen LogP contribution in [-0.2, 0) is 0 Å². The maximum Gasteiger partial charge on any atom is 0.273 e. The average Bonchev–Trinajstić information content (AvgIpc) is 2.18. The lowest BCUT2D eigenvalue weighted by atomic mass is 10.1. The molecule has 0 atom stereocenters. The standard InChI is InChI=1S/C11H16ClN3O2/c1-11(2,17)6-15(3)10(16)9-7(12)4-5-8(13)14-9/h4-5,17H,6H2,1-3H3,(H2,13,14). The molecule has 1 aromatic rings. The first kappa shape index (κ1) is 13.7. The van der Waals surface area contributed by atoms with Crippen LogP contribution in [0.3, 0.4) is 0 Å². The minimum absolute atomic E-state index is 0.0958. The lowest BCUT2D eigenvalue weighted by molar-refractivity contribution is 0.0365. The third kappa shape index (κ3) is 3.87. The van der Waals surface area contributed by atoms with Gasteiger partial charge in [0.1, 0.15) is 11.5 Å². The molecule has 0 aliphatic carbocycles. The van der Waals surface area contributed by atoms with Gasteiger partial charge >= 0.3 is 0 Å². The van der Waals surface area contributed by atoms with Gasteiger partial charge in [-0.1, -0.05) is 11.6 Å². The Kier molecular flexibility index (Phi) is 3.95. The maximum absolute atomic E-state index is 12.0. The van der Waals surface area contributed by atoms with Gasteiger partial charge < -0.3 is 15.7 Å². The van der Waals surface area contributed by atoms with Crippen molar-refractivity contribution in [1.82, 2.24) is 9.88 Å². The first-order valence-electron chi connectivity index (χ1n) is 5.10. The SMILES string of the molecule is CN(CC(C)(C)O)C(=O)c1nc(N)ccc1Cl. The number of anilines is 1. The fraction of sp³-hybridized carbons (Fsp3) is 0.455. The van der Waals surface area contributed by atoms with E-state index in [1.165, 1.54) is 17.0 Å². The third-order valence-electron chi connectivity index (χ3n) is 2.04. The van der Waals surface area contributed by atoms with Crippen molar-refractivity contribution in [1.29, 1.82) is 0 Å². The number of carbonyl (C=O) groups is 1. The molecule has 6 heteroatoms. The van der Waals surface area contributed by atoms with Gasteiger partial charge in [-0.3, -0.25) is 4.79 Å². The van der Waals surface area contributed by atoms with Crippen molar-refractivity contribution in [3.8, 4) is 0 Å². The normalized spacial score (nSPS) is 11.4. The van der Waals surface area contributed by atoms with Gasteiger partial charge in [-0.05, 0) is 26.0 Å². The van der Waals surface area contributed by atoms with Crippen molar-refractivity contribution >= 4 is 23.3 Å². The number of pyridine rings is 1.